The lowest BCUT2D eigenvalue weighted by Crippen LogP contribution is -2.15. The molecular weight excluding hydrogens is 219 g/mol. The van der Waals surface area contributed by atoms with E-state index in [2.05, 4.69) is 6.58 Å². The quantitative estimate of drug-likeness (QED) is 0.691. The fourth-order valence-corrected chi connectivity index (χ4v) is 1.49. The highest BCUT2D eigenvalue weighted by atomic mass is 19.4. The van der Waals surface area contributed by atoms with Crippen LogP contribution in [-0.2, 0) is 0 Å². The highest BCUT2D eigenvalue weighted by molar-refractivity contribution is 5.79. The standard InChI is InChI=1S/C11H8F3NO/c1-6-4-9(11(12,13)14)8-3-2-7(15)5-10(8)16-6/h2-5H,1,15H2. The molecule has 0 atom stereocenters. The Morgan fingerprint density at radius 1 is 1.25 bits per heavy atom. The normalized spacial score (nSPS) is 15.2. The highest BCUT2D eigenvalue weighted by Crippen LogP contribution is 2.42. The first-order chi connectivity index (χ1) is 7.38. The molecule has 0 fully saturated rings. The van der Waals surface area contributed by atoms with Gasteiger partial charge in [-0.25, -0.2) is 0 Å². The van der Waals surface area contributed by atoms with E-state index in [0.717, 1.165) is 6.08 Å². The minimum Gasteiger partial charge on any atom is -0.457 e. The van der Waals surface area contributed by atoms with Crippen LogP contribution in [0.4, 0.5) is 18.9 Å². The van der Waals surface area contributed by atoms with Gasteiger partial charge in [-0.1, -0.05) is 6.58 Å². The Hall–Kier alpha value is -1.91. The summed E-state index contributed by atoms with van der Waals surface area (Å²) in [6.07, 6.45) is -3.56. The van der Waals surface area contributed by atoms with Crippen LogP contribution in [0, 0.1) is 0 Å². The zero-order chi connectivity index (χ0) is 11.9. The molecule has 1 aromatic carbocycles. The molecule has 1 aromatic rings. The second-order valence-electron chi connectivity index (χ2n) is 3.38. The average Bonchev–Trinajstić information content (AvgIpc) is 2.14. The maximum absolute atomic E-state index is 12.7. The molecular formula is C11H8F3NO. The molecule has 1 aliphatic rings. The van der Waals surface area contributed by atoms with Crippen LogP contribution in [0.15, 0.2) is 36.6 Å². The van der Waals surface area contributed by atoms with Gasteiger partial charge < -0.3 is 10.5 Å². The summed E-state index contributed by atoms with van der Waals surface area (Å²) in [6.45, 7) is 3.37. The number of fused-ring (bicyclic) bond motifs is 1. The van der Waals surface area contributed by atoms with E-state index >= 15 is 0 Å². The molecule has 0 aromatic heterocycles. The summed E-state index contributed by atoms with van der Waals surface area (Å²) in [6, 6.07) is 4.03. The molecule has 0 unspecified atom stereocenters. The summed E-state index contributed by atoms with van der Waals surface area (Å²) in [4.78, 5) is 0. The Morgan fingerprint density at radius 3 is 2.56 bits per heavy atom. The third-order valence-corrected chi connectivity index (χ3v) is 2.15. The number of benzene rings is 1. The molecule has 0 saturated heterocycles. The molecule has 5 heteroatoms. The Bertz CT molecular complexity index is 488. The van der Waals surface area contributed by atoms with Crippen LogP contribution in [0.1, 0.15) is 5.56 Å². The minimum atomic E-state index is -4.43. The van der Waals surface area contributed by atoms with Crippen molar-refractivity contribution in [2.24, 2.45) is 0 Å². The van der Waals surface area contributed by atoms with Gasteiger partial charge in [0.1, 0.15) is 11.5 Å². The summed E-state index contributed by atoms with van der Waals surface area (Å²) in [5, 5.41) is 0. The van der Waals surface area contributed by atoms with E-state index < -0.39 is 11.7 Å². The fraction of sp³-hybridized carbons (Fsp3) is 0.0909. The number of halogens is 3. The number of alkyl halides is 3. The van der Waals surface area contributed by atoms with Crippen LogP contribution < -0.4 is 10.5 Å². The number of anilines is 1. The van der Waals surface area contributed by atoms with Gasteiger partial charge in [-0.2, -0.15) is 13.2 Å². The zero-order valence-electron chi connectivity index (χ0n) is 8.14. The molecule has 2 N–H and O–H groups in total. The van der Waals surface area contributed by atoms with Crippen LogP contribution in [0.2, 0.25) is 0 Å². The molecule has 16 heavy (non-hydrogen) atoms. The first-order valence-electron chi connectivity index (χ1n) is 4.43. The lowest BCUT2D eigenvalue weighted by atomic mass is 10.0. The maximum atomic E-state index is 12.7. The van der Waals surface area contributed by atoms with Gasteiger partial charge >= 0.3 is 6.18 Å². The third kappa shape index (κ3) is 1.76. The van der Waals surface area contributed by atoms with Gasteiger partial charge in [0, 0.05) is 17.3 Å². The van der Waals surface area contributed by atoms with Gasteiger partial charge in [-0.05, 0) is 18.2 Å². The molecule has 0 aliphatic carbocycles. The van der Waals surface area contributed by atoms with Crippen molar-refractivity contribution in [2.75, 3.05) is 5.73 Å². The van der Waals surface area contributed by atoms with E-state index in [-0.39, 0.29) is 17.1 Å². The summed E-state index contributed by atoms with van der Waals surface area (Å²) in [5.74, 6) is 0.0326. The predicted molar refractivity (Wildman–Crippen MR) is 54.7 cm³/mol. The number of hydrogen-bond acceptors (Lipinski definition) is 2. The van der Waals surface area contributed by atoms with Gasteiger partial charge in [-0.15, -0.1) is 0 Å². The molecule has 0 radical (unpaired) electrons. The summed E-state index contributed by atoms with van der Waals surface area (Å²) < 4.78 is 43.2. The van der Waals surface area contributed by atoms with Gasteiger partial charge in [-0.3, -0.25) is 0 Å². The topological polar surface area (TPSA) is 35.2 Å². The summed E-state index contributed by atoms with van der Waals surface area (Å²) >= 11 is 0. The predicted octanol–water partition coefficient (Wildman–Crippen LogP) is 3.12. The average molecular weight is 227 g/mol. The van der Waals surface area contributed by atoms with Crippen molar-refractivity contribution in [3.05, 3.63) is 42.2 Å². The van der Waals surface area contributed by atoms with Crippen LogP contribution in [0.5, 0.6) is 5.75 Å². The lowest BCUT2D eigenvalue weighted by molar-refractivity contribution is -0.0694. The lowest BCUT2D eigenvalue weighted by Gasteiger charge is -2.21. The van der Waals surface area contributed by atoms with Crippen LogP contribution in [-0.4, -0.2) is 6.18 Å². The Balaban J connectivity index is 2.61. The number of nitrogen functional groups attached to an aromatic ring is 1. The second kappa shape index (κ2) is 3.30. The van der Waals surface area contributed by atoms with Crippen LogP contribution >= 0.6 is 0 Å². The molecule has 0 spiro atoms. The van der Waals surface area contributed by atoms with Crippen molar-refractivity contribution in [2.45, 2.75) is 6.18 Å². The molecule has 84 valence electrons. The first kappa shape index (κ1) is 10.6. The van der Waals surface area contributed by atoms with E-state index in [1.807, 2.05) is 0 Å². The molecule has 0 amide bonds. The number of hydrogen-bond donors (Lipinski definition) is 1. The number of allylic oxidation sites excluding steroid dienone is 2. The maximum Gasteiger partial charge on any atom is 0.417 e. The molecule has 2 rings (SSSR count). The number of nitrogens with two attached hydrogens (primary N) is 1. The van der Waals surface area contributed by atoms with Crippen molar-refractivity contribution in [1.29, 1.82) is 0 Å². The smallest absolute Gasteiger partial charge is 0.417 e. The van der Waals surface area contributed by atoms with Crippen molar-refractivity contribution < 1.29 is 17.9 Å². The number of ether oxygens (including phenoxy) is 1. The molecule has 2 nitrogen and oxygen atoms in total. The monoisotopic (exact) mass is 227 g/mol. The fourth-order valence-electron chi connectivity index (χ4n) is 1.49. The molecule has 1 aliphatic heterocycles. The van der Waals surface area contributed by atoms with Gasteiger partial charge in [0.25, 0.3) is 0 Å². The van der Waals surface area contributed by atoms with Gasteiger partial charge in [0.05, 0.1) is 5.57 Å². The van der Waals surface area contributed by atoms with Crippen molar-refractivity contribution in [3.8, 4) is 5.75 Å². The van der Waals surface area contributed by atoms with E-state index in [1.165, 1.54) is 18.2 Å². The second-order valence-corrected chi connectivity index (χ2v) is 3.38. The largest absolute Gasteiger partial charge is 0.457 e. The zero-order valence-corrected chi connectivity index (χ0v) is 8.14. The van der Waals surface area contributed by atoms with E-state index in [0.29, 0.717) is 5.69 Å². The first-order valence-corrected chi connectivity index (χ1v) is 4.43. The Morgan fingerprint density at radius 2 is 1.94 bits per heavy atom. The Labute approximate surface area is 89.8 Å². The number of rotatable bonds is 0. The molecule has 0 bridgehead atoms. The highest BCUT2D eigenvalue weighted by Gasteiger charge is 2.38. The van der Waals surface area contributed by atoms with E-state index in [9.17, 15) is 13.2 Å². The van der Waals surface area contributed by atoms with Gasteiger partial charge in [0.2, 0.25) is 0 Å². The molecule has 0 saturated carbocycles. The van der Waals surface area contributed by atoms with Crippen molar-refractivity contribution >= 4 is 11.3 Å². The van der Waals surface area contributed by atoms with Crippen molar-refractivity contribution in [3.63, 3.8) is 0 Å². The third-order valence-electron chi connectivity index (χ3n) is 2.15. The summed E-state index contributed by atoms with van der Waals surface area (Å²) in [7, 11) is 0. The minimum absolute atomic E-state index is 0.0194. The summed E-state index contributed by atoms with van der Waals surface area (Å²) in [5.41, 5.74) is 5.03. The molecule has 1 heterocycles. The SMILES string of the molecule is C=C1C=C(C(F)(F)F)c2ccc(N)cc2O1. The Kier molecular flexibility index (Phi) is 2.18. The van der Waals surface area contributed by atoms with E-state index in [4.69, 9.17) is 10.5 Å². The van der Waals surface area contributed by atoms with Crippen LogP contribution in [0.25, 0.3) is 5.57 Å². The van der Waals surface area contributed by atoms with Crippen LogP contribution in [0.3, 0.4) is 0 Å². The van der Waals surface area contributed by atoms with Gasteiger partial charge in [0.15, 0.2) is 0 Å². The van der Waals surface area contributed by atoms with Crippen molar-refractivity contribution in [1.82, 2.24) is 0 Å². The van der Waals surface area contributed by atoms with E-state index in [1.54, 1.807) is 0 Å².